The second-order valence-electron chi connectivity index (χ2n) is 10.8. The van der Waals surface area contributed by atoms with Crippen molar-refractivity contribution in [1.29, 1.82) is 0 Å². The van der Waals surface area contributed by atoms with Crippen LogP contribution in [-0.4, -0.2) is 41.0 Å². The molecule has 1 saturated heterocycles. The Morgan fingerprint density at radius 1 is 1.05 bits per heavy atom. The van der Waals surface area contributed by atoms with Crippen LogP contribution in [0, 0.1) is 0 Å². The number of nitrogens with zero attached hydrogens (tertiary/aromatic N) is 4. The summed E-state index contributed by atoms with van der Waals surface area (Å²) in [5.74, 6) is 1.32. The Morgan fingerprint density at radius 2 is 1.76 bits per heavy atom. The first kappa shape index (κ1) is 25.2. The van der Waals surface area contributed by atoms with Gasteiger partial charge in [-0.2, -0.15) is 4.98 Å². The van der Waals surface area contributed by atoms with E-state index < -0.39 is 5.41 Å². The van der Waals surface area contributed by atoms with Crippen LogP contribution in [0.4, 0.5) is 23.1 Å². The van der Waals surface area contributed by atoms with Crippen LogP contribution in [0.1, 0.15) is 58.1 Å². The zero-order valence-electron chi connectivity index (χ0n) is 22.4. The van der Waals surface area contributed by atoms with Gasteiger partial charge in [0.15, 0.2) is 0 Å². The molecule has 5 rings (SSSR count). The molecular formula is C30H38N6O. The summed E-state index contributed by atoms with van der Waals surface area (Å²) >= 11 is 0. The van der Waals surface area contributed by atoms with Gasteiger partial charge in [0, 0.05) is 54.9 Å². The topological polar surface area (TPSA) is 73.4 Å². The molecule has 0 saturated carbocycles. The largest absolute Gasteiger partial charge is 0.371 e. The summed E-state index contributed by atoms with van der Waals surface area (Å²) in [5, 5.41) is 7.05. The van der Waals surface area contributed by atoms with Crippen molar-refractivity contribution >= 4 is 29.0 Å². The molecule has 2 aliphatic heterocycles. The molecule has 0 unspecified atom stereocenters. The van der Waals surface area contributed by atoms with Crippen molar-refractivity contribution in [2.24, 2.45) is 0 Å². The number of carbonyl (C=O) groups is 1. The minimum atomic E-state index is -0.607. The van der Waals surface area contributed by atoms with Gasteiger partial charge in [0.1, 0.15) is 5.82 Å². The zero-order valence-corrected chi connectivity index (χ0v) is 22.4. The third-order valence-electron chi connectivity index (χ3n) is 7.88. The molecule has 0 radical (unpaired) electrons. The van der Waals surface area contributed by atoms with Crippen molar-refractivity contribution in [2.75, 3.05) is 28.2 Å². The molecule has 2 aliphatic rings. The van der Waals surface area contributed by atoms with Crippen molar-refractivity contribution in [3.05, 3.63) is 71.9 Å². The molecule has 1 atom stereocenters. The molecule has 2 aromatic carbocycles. The van der Waals surface area contributed by atoms with Gasteiger partial charge in [-0.3, -0.25) is 9.69 Å². The maximum Gasteiger partial charge on any atom is 0.238 e. The number of amides is 1. The van der Waals surface area contributed by atoms with Gasteiger partial charge in [0.25, 0.3) is 0 Å². The molecule has 0 aliphatic carbocycles. The van der Waals surface area contributed by atoms with Crippen LogP contribution in [0.2, 0.25) is 0 Å². The zero-order chi connectivity index (χ0) is 26.0. The lowest BCUT2D eigenvalue weighted by atomic mass is 9.88. The molecule has 1 fully saturated rings. The van der Waals surface area contributed by atoms with E-state index in [9.17, 15) is 4.79 Å². The fourth-order valence-electron chi connectivity index (χ4n) is 5.24. The number of para-hydroxylation sites is 1. The minimum absolute atomic E-state index is 0.0888. The van der Waals surface area contributed by atoms with Crippen LogP contribution in [0.25, 0.3) is 0 Å². The summed E-state index contributed by atoms with van der Waals surface area (Å²) in [6.45, 7) is 11.1. The molecule has 2 N–H and O–H groups in total. The van der Waals surface area contributed by atoms with Gasteiger partial charge in [-0.1, -0.05) is 37.3 Å². The average Bonchev–Trinajstić information content (AvgIpc) is 3.13. The Morgan fingerprint density at radius 3 is 2.43 bits per heavy atom. The standard InChI is InChI=1S/C30H38N6O/c1-5-21(2)36-27-26(30(3,4)28(36)37)20-32-29(34-27)33-24-13-11-22(12-14-24)19-31-23-15-17-35(18-16-23)25-9-7-6-8-10-25/h6-14,20-21,23,31H,5,15-19H2,1-4H3,(H,32,33,34)/t21-/m0/s1. The van der Waals surface area contributed by atoms with E-state index >= 15 is 0 Å². The number of aromatic nitrogens is 2. The van der Waals surface area contributed by atoms with Gasteiger partial charge in [-0.05, 0) is 69.9 Å². The number of anilines is 4. The Balaban J connectivity index is 1.17. The molecular weight excluding hydrogens is 460 g/mol. The number of benzene rings is 2. The first-order chi connectivity index (χ1) is 17.9. The molecule has 7 heteroatoms. The third-order valence-corrected chi connectivity index (χ3v) is 7.88. The van der Waals surface area contributed by atoms with E-state index in [-0.39, 0.29) is 11.9 Å². The van der Waals surface area contributed by atoms with Gasteiger partial charge in [0.2, 0.25) is 11.9 Å². The van der Waals surface area contributed by atoms with Crippen LogP contribution in [0.5, 0.6) is 0 Å². The molecule has 194 valence electrons. The van der Waals surface area contributed by atoms with Crippen LogP contribution in [0.15, 0.2) is 60.8 Å². The normalized spacial score (nSPS) is 18.1. The van der Waals surface area contributed by atoms with E-state index in [0.29, 0.717) is 12.0 Å². The molecule has 3 aromatic rings. The van der Waals surface area contributed by atoms with Gasteiger partial charge in [-0.25, -0.2) is 4.98 Å². The van der Waals surface area contributed by atoms with Crippen molar-refractivity contribution in [1.82, 2.24) is 15.3 Å². The number of hydrogen-bond donors (Lipinski definition) is 2. The van der Waals surface area contributed by atoms with E-state index in [2.05, 4.69) is 89.0 Å². The quantitative estimate of drug-likeness (QED) is 0.433. The maximum atomic E-state index is 13.1. The Hall–Kier alpha value is -3.45. The van der Waals surface area contributed by atoms with Crippen molar-refractivity contribution in [2.45, 2.75) is 71.0 Å². The summed E-state index contributed by atoms with van der Waals surface area (Å²) in [5.41, 5.74) is 3.78. The Bertz CT molecular complexity index is 1220. The second-order valence-corrected chi connectivity index (χ2v) is 10.8. The highest BCUT2D eigenvalue weighted by atomic mass is 16.2. The van der Waals surface area contributed by atoms with Crippen LogP contribution in [0.3, 0.4) is 0 Å². The fraction of sp³-hybridized carbons (Fsp3) is 0.433. The number of fused-ring (bicyclic) bond motifs is 1. The third kappa shape index (κ3) is 5.18. The lowest BCUT2D eigenvalue weighted by Gasteiger charge is -2.34. The monoisotopic (exact) mass is 498 g/mol. The smallest absolute Gasteiger partial charge is 0.238 e. The molecule has 1 amide bonds. The maximum absolute atomic E-state index is 13.1. The van der Waals surface area contributed by atoms with Gasteiger partial charge < -0.3 is 15.5 Å². The summed E-state index contributed by atoms with van der Waals surface area (Å²) < 4.78 is 0. The van der Waals surface area contributed by atoms with E-state index in [1.165, 1.54) is 11.3 Å². The van der Waals surface area contributed by atoms with Gasteiger partial charge >= 0.3 is 0 Å². The van der Waals surface area contributed by atoms with E-state index in [0.717, 1.165) is 56.0 Å². The number of piperidine rings is 1. The average molecular weight is 499 g/mol. The van der Waals surface area contributed by atoms with Gasteiger partial charge in [-0.15, -0.1) is 0 Å². The van der Waals surface area contributed by atoms with E-state index in [4.69, 9.17) is 4.98 Å². The molecule has 0 bridgehead atoms. The summed E-state index contributed by atoms with van der Waals surface area (Å²) in [7, 11) is 0. The number of rotatable bonds is 8. The van der Waals surface area contributed by atoms with Crippen LogP contribution >= 0.6 is 0 Å². The minimum Gasteiger partial charge on any atom is -0.371 e. The van der Waals surface area contributed by atoms with Crippen molar-refractivity contribution < 1.29 is 4.79 Å². The highest BCUT2D eigenvalue weighted by Gasteiger charge is 2.46. The highest BCUT2D eigenvalue weighted by Crippen LogP contribution is 2.41. The predicted octanol–water partition coefficient (Wildman–Crippen LogP) is 5.40. The molecule has 0 spiro atoms. The Labute approximate surface area is 220 Å². The van der Waals surface area contributed by atoms with Crippen molar-refractivity contribution in [3.63, 3.8) is 0 Å². The van der Waals surface area contributed by atoms with Crippen LogP contribution < -0.4 is 20.4 Å². The fourth-order valence-corrected chi connectivity index (χ4v) is 5.24. The summed E-state index contributed by atoms with van der Waals surface area (Å²) in [4.78, 5) is 26.7. The number of hydrogen-bond acceptors (Lipinski definition) is 6. The predicted molar refractivity (Wildman–Crippen MR) is 151 cm³/mol. The molecule has 1 aromatic heterocycles. The van der Waals surface area contributed by atoms with Crippen LogP contribution in [-0.2, 0) is 16.8 Å². The SMILES string of the molecule is CC[C@H](C)N1C(=O)C(C)(C)c2cnc(Nc3ccc(CNC4CCN(c5ccccc5)CC4)cc3)nc21. The number of nitrogens with one attached hydrogen (secondary N) is 2. The highest BCUT2D eigenvalue weighted by molar-refractivity contribution is 6.07. The van der Waals surface area contributed by atoms with Crippen molar-refractivity contribution in [3.8, 4) is 0 Å². The number of carbonyl (C=O) groups excluding carboxylic acids is 1. The lowest BCUT2D eigenvalue weighted by molar-refractivity contribution is -0.122. The lowest BCUT2D eigenvalue weighted by Crippen LogP contribution is -2.42. The van der Waals surface area contributed by atoms with E-state index in [1.54, 1.807) is 6.20 Å². The molecule has 3 heterocycles. The summed E-state index contributed by atoms with van der Waals surface area (Å²) in [6, 6.07) is 19.7. The van der Waals surface area contributed by atoms with Gasteiger partial charge in [0.05, 0.1) is 5.41 Å². The Kier molecular flexibility index (Phi) is 7.15. The molecule has 7 nitrogen and oxygen atoms in total. The van der Waals surface area contributed by atoms with E-state index in [1.807, 2.05) is 18.7 Å². The summed E-state index contributed by atoms with van der Waals surface area (Å²) in [6.07, 6.45) is 4.97. The second kappa shape index (κ2) is 10.5. The first-order valence-electron chi connectivity index (χ1n) is 13.5. The molecule has 37 heavy (non-hydrogen) atoms. The first-order valence-corrected chi connectivity index (χ1v) is 13.5.